The average Bonchev–Trinajstić information content (AvgIpc) is 2.02. The molecule has 0 fully saturated rings. The van der Waals surface area contributed by atoms with E-state index in [1.165, 1.54) is 14.1 Å². The van der Waals surface area contributed by atoms with E-state index in [0.717, 1.165) is 0 Å². The molecular formula is CB9OY-. The summed E-state index contributed by atoms with van der Waals surface area (Å²) in [6.45, 7) is -0.860. The summed E-state index contributed by atoms with van der Waals surface area (Å²) in [7, 11) is 23.9. The van der Waals surface area contributed by atoms with Gasteiger partial charge in [-0.2, -0.15) is 0 Å². The first-order chi connectivity index (χ1) is 5.13. The van der Waals surface area contributed by atoms with Crippen molar-refractivity contribution < 1.29 is 37.5 Å². The van der Waals surface area contributed by atoms with Crippen molar-refractivity contribution in [3.63, 3.8) is 0 Å². The fourth-order valence-corrected chi connectivity index (χ4v) is 0.575. The first-order valence-electron chi connectivity index (χ1n) is 3.16. The molecule has 0 saturated carbocycles. The second kappa shape index (κ2) is 8.93. The number of carbonyl (C=O) groups excluding carboxylic acids is 1. The molecule has 0 aromatic rings. The Bertz CT molecular complexity index is 119. The van der Waals surface area contributed by atoms with E-state index in [1.54, 1.807) is 6.19 Å². The van der Waals surface area contributed by atoms with Crippen LogP contribution in [0, 0.1) is 0 Å². The maximum Gasteiger partial charge on any atom is 0 e. The van der Waals surface area contributed by atoms with Gasteiger partial charge in [-0.25, -0.2) is 0 Å². The van der Waals surface area contributed by atoms with Crippen LogP contribution < -0.4 is 0 Å². The molecule has 11 heteroatoms. The maximum atomic E-state index is 10.0. The smallest absolute Gasteiger partial charge is 0 e. The monoisotopic (exact) mass is 216 g/mol. The second-order valence-corrected chi connectivity index (χ2v) is 2.18. The van der Waals surface area contributed by atoms with Gasteiger partial charge in [0.25, 0.3) is 0 Å². The minimum absolute atomic E-state index is 0. The van der Waals surface area contributed by atoms with Crippen molar-refractivity contribution in [2.45, 2.75) is 0 Å². The van der Waals surface area contributed by atoms with Gasteiger partial charge in [0.1, 0.15) is 0 Å². The van der Waals surface area contributed by atoms with Crippen LogP contribution in [0.5, 0.6) is 0 Å². The van der Waals surface area contributed by atoms with Gasteiger partial charge in [-0.3, -0.25) is 0 Å². The van der Waals surface area contributed by atoms with Gasteiger partial charge in [-0.15, -0.1) is 0 Å². The first-order valence-corrected chi connectivity index (χ1v) is 3.16. The number of hydrogen-bond acceptors (Lipinski definition) is 1. The Hall–Kier alpha value is 1.36. The van der Waals surface area contributed by atoms with Gasteiger partial charge in [0.15, 0.2) is 0 Å². The van der Waals surface area contributed by atoms with Crippen LogP contribution in [-0.2, 0) is 37.5 Å². The van der Waals surface area contributed by atoms with E-state index in [4.69, 9.17) is 30.9 Å². The molecular weight excluding hydrogens is 214 g/mol. The summed E-state index contributed by atoms with van der Waals surface area (Å²) in [6, 6.07) is 0. The quantitative estimate of drug-likeness (QED) is 0.338. The van der Waals surface area contributed by atoms with Gasteiger partial charge in [0, 0.05) is 32.7 Å². The van der Waals surface area contributed by atoms with Gasteiger partial charge < -0.3 is 11.0 Å². The Labute approximate surface area is 107 Å². The van der Waals surface area contributed by atoms with E-state index in [9.17, 15) is 4.79 Å². The Balaban J connectivity index is 0. The van der Waals surface area contributed by atoms with Crippen LogP contribution in [0.3, 0.4) is 0 Å². The Morgan fingerprint density at radius 3 is 2.08 bits per heavy atom. The average molecular weight is 214 g/mol. The van der Waals surface area contributed by atoms with E-state index >= 15 is 0 Å². The normalized spacial score (nSPS) is 7.33. The molecule has 0 aromatic heterocycles. The summed E-state index contributed by atoms with van der Waals surface area (Å²) in [5.74, 6) is 0. The van der Waals surface area contributed by atoms with Gasteiger partial charge in [-0.05, 0) is 57.8 Å². The summed E-state index contributed by atoms with van der Waals surface area (Å²) in [4.78, 5) is 10.0. The molecule has 0 aliphatic rings. The summed E-state index contributed by atoms with van der Waals surface area (Å²) in [6.07, 6.45) is 0.417. The number of rotatable bonds is 5. The van der Waals surface area contributed by atoms with Crippen LogP contribution in [0.2, 0.25) is 0 Å². The van der Waals surface area contributed by atoms with Gasteiger partial charge in [0.05, 0.1) is 0 Å². The van der Waals surface area contributed by atoms with Crippen LogP contribution in [0.4, 0.5) is 0 Å². The van der Waals surface area contributed by atoms with E-state index in [2.05, 4.69) is 0 Å². The van der Waals surface area contributed by atoms with Crippen molar-refractivity contribution >= 4 is 70.5 Å². The van der Waals surface area contributed by atoms with Crippen molar-refractivity contribution in [2.24, 2.45) is 0 Å². The molecule has 0 aliphatic heterocycles. The van der Waals surface area contributed by atoms with Crippen molar-refractivity contribution in [3.8, 4) is 0 Å². The van der Waals surface area contributed by atoms with Crippen molar-refractivity contribution in [2.75, 3.05) is 0 Å². The molecule has 41 valence electrons. The van der Waals surface area contributed by atoms with E-state index in [-0.39, 0.29) is 32.7 Å². The van der Waals surface area contributed by atoms with Crippen molar-refractivity contribution in [1.29, 1.82) is 0 Å². The molecule has 0 atom stereocenters. The Morgan fingerprint density at radius 1 is 1.25 bits per heavy atom. The first kappa shape index (κ1) is 15.8. The van der Waals surface area contributed by atoms with E-state index in [1.807, 2.05) is 0 Å². The minimum Gasteiger partial charge on any atom is -0.549 e. The largest absolute Gasteiger partial charge is 0.549 e. The van der Waals surface area contributed by atoms with Crippen LogP contribution in [-0.4, -0.2) is 70.5 Å². The van der Waals surface area contributed by atoms with Crippen LogP contribution >= 0.6 is 0 Å². The summed E-state index contributed by atoms with van der Waals surface area (Å²) >= 11 is 0. The predicted molar refractivity (Wildman–Crippen MR) is 57.5 cm³/mol. The fourth-order valence-electron chi connectivity index (χ4n) is 0.575. The minimum atomic E-state index is -0.860. The summed E-state index contributed by atoms with van der Waals surface area (Å²) in [5, 5.41) is 0. The van der Waals surface area contributed by atoms with Gasteiger partial charge >= 0.3 is 0 Å². The van der Waals surface area contributed by atoms with Gasteiger partial charge in [-0.1, -0.05) is 6.49 Å². The fraction of sp³-hybridized carbons (Fsp3) is 0. The Kier molecular flexibility index (Phi) is 11.8. The maximum absolute atomic E-state index is 10.0. The van der Waals surface area contributed by atoms with Crippen LogP contribution in [0.25, 0.3) is 0 Å². The molecule has 0 rings (SSSR count). The zero-order valence-corrected chi connectivity index (χ0v) is 9.52. The van der Waals surface area contributed by atoms with E-state index in [0.29, 0.717) is 0 Å². The molecule has 0 saturated heterocycles. The molecule has 0 bridgehead atoms. The molecule has 0 aliphatic carbocycles. The SMILES string of the molecule is [B][B][B]B([B])B([B])B([B])[C-]=O.[Y]. The molecule has 0 spiro atoms. The Morgan fingerprint density at radius 2 is 1.75 bits per heavy atom. The third-order valence-corrected chi connectivity index (χ3v) is 1.33. The molecule has 0 unspecified atom stereocenters. The standard InChI is InChI=1S/CB9O.Y/c2-6-7-9(4)10(5)8(3)1-11;/q-1;. The predicted octanol–water partition coefficient (Wildman–Crippen LogP) is -3.83. The zero-order chi connectivity index (χ0) is 8.85. The van der Waals surface area contributed by atoms with Crippen LogP contribution in [0.15, 0.2) is 0 Å². The number of hydrogen-bond donors (Lipinski definition) is 0. The third-order valence-electron chi connectivity index (χ3n) is 1.33. The van der Waals surface area contributed by atoms with E-state index < -0.39 is 19.3 Å². The zero-order valence-electron chi connectivity index (χ0n) is 6.68. The molecule has 0 N–H and O–H groups in total. The molecule has 0 heterocycles. The topological polar surface area (TPSA) is 17.1 Å². The van der Waals surface area contributed by atoms with Gasteiger partial charge in [0.2, 0.25) is 0 Å². The van der Waals surface area contributed by atoms with Crippen molar-refractivity contribution in [1.82, 2.24) is 0 Å². The second-order valence-electron chi connectivity index (χ2n) is 2.18. The summed E-state index contributed by atoms with van der Waals surface area (Å²) in [5.41, 5.74) is 0. The molecule has 11 radical (unpaired) electrons. The van der Waals surface area contributed by atoms with Crippen LogP contribution in [0.1, 0.15) is 0 Å². The third kappa shape index (κ3) is 5.91. The molecule has 1 nitrogen and oxygen atoms in total. The van der Waals surface area contributed by atoms with Crippen molar-refractivity contribution in [3.05, 3.63) is 0 Å². The summed E-state index contributed by atoms with van der Waals surface area (Å²) < 4.78 is 0. The molecule has 12 heavy (non-hydrogen) atoms. The molecule has 0 aromatic carbocycles. The molecule has 0 amide bonds.